The highest BCUT2D eigenvalue weighted by Crippen LogP contribution is 2.88. The maximum absolute atomic E-state index is 15.2. The van der Waals surface area contributed by atoms with Gasteiger partial charge < -0.3 is 15.1 Å². The summed E-state index contributed by atoms with van der Waals surface area (Å²) in [6, 6.07) is -1.49. The van der Waals surface area contributed by atoms with Crippen molar-refractivity contribution in [3.05, 3.63) is 12.7 Å². The van der Waals surface area contributed by atoms with Gasteiger partial charge in [0, 0.05) is 43.8 Å². The van der Waals surface area contributed by atoms with Crippen LogP contribution in [0.15, 0.2) is 12.7 Å². The molecule has 2 heterocycles. The van der Waals surface area contributed by atoms with Crippen molar-refractivity contribution < 1.29 is 32.4 Å². The van der Waals surface area contributed by atoms with Crippen molar-refractivity contribution in [1.29, 1.82) is 0 Å². The van der Waals surface area contributed by atoms with Gasteiger partial charge in [0.2, 0.25) is 17.7 Å². The lowest BCUT2D eigenvalue weighted by Gasteiger charge is -2.37. The number of carbonyl (C=O) groups excluding carboxylic acids is 5. The molecule has 0 bridgehead atoms. The van der Waals surface area contributed by atoms with Crippen LogP contribution in [0.3, 0.4) is 0 Å². The highest BCUT2D eigenvalue weighted by molar-refractivity contribution is 7.87. The van der Waals surface area contributed by atoms with Crippen LogP contribution in [0.25, 0.3) is 0 Å². The fourth-order valence-corrected chi connectivity index (χ4v) is 13.0. The Morgan fingerprint density at radius 1 is 0.927 bits per heavy atom. The SMILES string of the molecule is C=C[C@@H]1C[C@]1(CC(=O)[C@@H]1C[C@@]2(CN1C(=O)[C@@H](CC(=O)[C@@H](NC(=O)CN(C)C)C1CCCCC1)C(C)(C)C)C(C)(C)C21CCC1)C(=O)NS(=O)(=O)N1CCCC1. The fraction of sp³-hybridized carbons (Fsp3) is 0.833. The molecule has 6 rings (SSSR count). The van der Waals surface area contributed by atoms with Gasteiger partial charge in [-0.15, -0.1) is 6.58 Å². The Bertz CT molecular complexity index is 1670. The van der Waals surface area contributed by atoms with E-state index in [1.807, 2.05) is 34.9 Å². The van der Waals surface area contributed by atoms with Gasteiger partial charge in [0.05, 0.1) is 24.0 Å². The number of amides is 3. The Hall–Kier alpha value is -2.64. The third kappa shape index (κ3) is 7.36. The third-order valence-electron chi connectivity index (χ3n) is 15.4. The number of nitrogens with one attached hydrogen (secondary N) is 2. The zero-order chi connectivity index (χ0) is 40.4. The van der Waals surface area contributed by atoms with Gasteiger partial charge in [-0.2, -0.15) is 12.7 Å². The van der Waals surface area contributed by atoms with Crippen LogP contribution in [0.1, 0.15) is 125 Å². The summed E-state index contributed by atoms with van der Waals surface area (Å²) in [5, 5.41) is 3.06. The summed E-state index contributed by atoms with van der Waals surface area (Å²) in [5.74, 6) is -2.62. The fourth-order valence-electron chi connectivity index (χ4n) is 11.7. The number of nitrogens with zero attached hydrogens (tertiary/aromatic N) is 3. The van der Waals surface area contributed by atoms with E-state index < -0.39 is 44.9 Å². The summed E-state index contributed by atoms with van der Waals surface area (Å²) in [5.41, 5.74) is -2.21. The molecule has 0 radical (unpaired) electrons. The molecular weight excluding hydrogens is 719 g/mol. The smallest absolute Gasteiger partial charge is 0.303 e. The van der Waals surface area contributed by atoms with Crippen molar-refractivity contribution in [3.63, 3.8) is 0 Å². The molecule has 6 atom stereocenters. The van der Waals surface area contributed by atoms with Crippen molar-refractivity contribution in [1.82, 2.24) is 24.1 Å². The van der Waals surface area contributed by atoms with Crippen LogP contribution in [0.4, 0.5) is 0 Å². The number of allylic oxidation sites excluding steroid dienone is 1. The first-order chi connectivity index (χ1) is 25.7. The third-order valence-corrected chi connectivity index (χ3v) is 16.9. The summed E-state index contributed by atoms with van der Waals surface area (Å²) < 4.78 is 29.9. The quantitative estimate of drug-likeness (QED) is 0.228. The number of carbonyl (C=O) groups is 5. The summed E-state index contributed by atoms with van der Waals surface area (Å²) in [6.07, 6.45) is 11.6. The Morgan fingerprint density at radius 2 is 1.56 bits per heavy atom. The van der Waals surface area contributed by atoms with Crippen molar-refractivity contribution in [3.8, 4) is 0 Å². The first-order valence-corrected chi connectivity index (χ1v) is 22.4. The zero-order valence-electron chi connectivity index (χ0n) is 34.5. The lowest BCUT2D eigenvalue weighted by atomic mass is 9.73. The number of Topliss-reactive ketones (excluding diaryl/α,β-unsaturated/α-hetero) is 2. The minimum absolute atomic E-state index is 0.00571. The minimum atomic E-state index is -4.05. The van der Waals surface area contributed by atoms with E-state index in [2.05, 4.69) is 30.5 Å². The molecule has 2 saturated heterocycles. The summed E-state index contributed by atoms with van der Waals surface area (Å²) >= 11 is 0. The number of likely N-dealkylation sites (tertiary alicyclic amines) is 1. The molecule has 13 heteroatoms. The maximum Gasteiger partial charge on any atom is 0.303 e. The maximum atomic E-state index is 15.2. The van der Waals surface area contributed by atoms with E-state index in [4.69, 9.17) is 0 Å². The van der Waals surface area contributed by atoms with Crippen LogP contribution < -0.4 is 10.0 Å². The summed E-state index contributed by atoms with van der Waals surface area (Å²) in [7, 11) is -0.430. The molecule has 6 fully saturated rings. The number of hydrogen-bond donors (Lipinski definition) is 2. The highest BCUT2D eigenvalue weighted by Gasteiger charge is 2.85. The van der Waals surface area contributed by atoms with Gasteiger partial charge in [0.25, 0.3) is 0 Å². The first-order valence-electron chi connectivity index (χ1n) is 20.9. The van der Waals surface area contributed by atoms with Crippen molar-refractivity contribution in [2.45, 2.75) is 137 Å². The standard InChI is InChI=1S/C42H67N5O7S/c1-9-29-23-40(29,37(52)44-55(53,54)46-20-13-14-21-46)25-33(49)31-24-42(39(5,6)41(42)18-15-19-41)27-47(31)36(51)30(38(2,3)4)22-32(48)35(28-16-11-10-12-17-28)43-34(50)26-45(7)8/h9,28-31,35H,1,10-27H2,2-8H3,(H,43,50)(H,44,52)/t29-,30-,31+,35+,40-,42-/m1/s1. The van der Waals surface area contributed by atoms with Crippen LogP contribution in [0, 0.1) is 44.8 Å². The number of fused-ring (bicyclic) bond motifs is 1. The van der Waals surface area contributed by atoms with Crippen LogP contribution in [0.2, 0.25) is 0 Å². The Labute approximate surface area is 329 Å². The molecule has 2 aliphatic heterocycles. The molecule has 308 valence electrons. The molecule has 3 amide bonds. The predicted molar refractivity (Wildman–Crippen MR) is 210 cm³/mol. The largest absolute Gasteiger partial charge is 0.345 e. The van der Waals surface area contributed by atoms with Crippen molar-refractivity contribution >= 4 is 39.5 Å². The number of hydrogen-bond acceptors (Lipinski definition) is 8. The van der Waals surface area contributed by atoms with E-state index in [9.17, 15) is 27.6 Å². The lowest BCUT2D eigenvalue weighted by molar-refractivity contribution is -0.147. The normalized spacial score (nSPS) is 31.2. The lowest BCUT2D eigenvalue weighted by Crippen LogP contribution is -2.52. The Balaban J connectivity index is 1.27. The monoisotopic (exact) mass is 785 g/mol. The highest BCUT2D eigenvalue weighted by atomic mass is 32.2. The Kier molecular flexibility index (Phi) is 11.4. The van der Waals surface area contributed by atoms with Gasteiger partial charge in [-0.1, -0.05) is 66.4 Å². The second kappa shape index (κ2) is 14.9. The van der Waals surface area contributed by atoms with E-state index in [0.717, 1.165) is 64.2 Å². The number of likely N-dealkylation sites (N-methyl/N-ethyl adjacent to an activating group) is 1. The van der Waals surface area contributed by atoms with Gasteiger partial charge in [0.1, 0.15) is 0 Å². The number of rotatable bonds is 15. The van der Waals surface area contributed by atoms with E-state index in [0.29, 0.717) is 32.5 Å². The van der Waals surface area contributed by atoms with Crippen LogP contribution in [-0.4, -0.2) is 104 Å². The average Bonchev–Trinajstić information content (AvgIpc) is 3.54. The van der Waals surface area contributed by atoms with Gasteiger partial charge in [-0.05, 0) is 93.5 Å². The van der Waals surface area contributed by atoms with Crippen LogP contribution >= 0.6 is 0 Å². The second-order valence-corrected chi connectivity index (χ2v) is 21.7. The molecule has 2 spiro atoms. The Morgan fingerprint density at radius 3 is 2.07 bits per heavy atom. The molecule has 0 unspecified atom stereocenters. The minimum Gasteiger partial charge on any atom is -0.345 e. The molecule has 6 aliphatic rings. The van der Waals surface area contributed by atoms with Crippen LogP contribution in [-0.2, 0) is 34.2 Å². The molecule has 0 aromatic carbocycles. The molecule has 55 heavy (non-hydrogen) atoms. The van der Waals surface area contributed by atoms with E-state index in [1.165, 1.54) is 4.31 Å². The van der Waals surface area contributed by atoms with Crippen LogP contribution in [0.5, 0.6) is 0 Å². The number of ketones is 2. The molecule has 0 aromatic rings. The summed E-state index contributed by atoms with van der Waals surface area (Å²) in [4.78, 5) is 74.8. The summed E-state index contributed by atoms with van der Waals surface area (Å²) in [6.45, 7) is 15.5. The zero-order valence-corrected chi connectivity index (χ0v) is 35.3. The molecule has 0 aromatic heterocycles. The van der Waals surface area contributed by atoms with E-state index in [-0.39, 0.29) is 70.8 Å². The first kappa shape index (κ1) is 42.0. The topological polar surface area (TPSA) is 153 Å². The van der Waals surface area contributed by atoms with Crippen molar-refractivity contribution in [2.75, 3.05) is 40.3 Å². The van der Waals surface area contributed by atoms with Gasteiger partial charge in [-0.25, -0.2) is 4.72 Å². The van der Waals surface area contributed by atoms with Gasteiger partial charge in [-0.3, -0.25) is 24.0 Å². The molecule has 12 nitrogen and oxygen atoms in total. The second-order valence-electron chi connectivity index (χ2n) is 20.0. The van der Waals surface area contributed by atoms with Gasteiger partial charge in [0.15, 0.2) is 11.6 Å². The molecule has 2 N–H and O–H groups in total. The van der Waals surface area contributed by atoms with Crippen molar-refractivity contribution in [2.24, 2.45) is 44.8 Å². The molecule has 4 aliphatic carbocycles. The predicted octanol–water partition coefficient (Wildman–Crippen LogP) is 4.64. The average molecular weight is 786 g/mol. The van der Waals surface area contributed by atoms with E-state index in [1.54, 1.807) is 15.9 Å². The van der Waals surface area contributed by atoms with E-state index >= 15 is 4.79 Å². The van der Waals surface area contributed by atoms with Gasteiger partial charge >= 0.3 is 10.2 Å². The molecule has 4 saturated carbocycles. The molecular formula is C42H67N5O7S.